The molecule has 4 aromatic rings. The maximum atomic E-state index is 15.7. The van der Waals surface area contributed by atoms with E-state index < -0.39 is 73.1 Å². The van der Waals surface area contributed by atoms with Crippen LogP contribution >= 0.6 is 19.6 Å². The summed E-state index contributed by atoms with van der Waals surface area (Å²) < 4.78 is 57.2. The number of ketones is 1. The Balaban J connectivity index is 0.767. The van der Waals surface area contributed by atoms with Gasteiger partial charge in [0.2, 0.25) is 29.5 Å². The van der Waals surface area contributed by atoms with Gasteiger partial charge in [0.1, 0.15) is 65.6 Å². The predicted octanol–water partition coefficient (Wildman–Crippen LogP) is 6.86. The van der Waals surface area contributed by atoms with E-state index in [0.29, 0.717) is 50.0 Å². The zero-order valence-corrected chi connectivity index (χ0v) is 61.3. The van der Waals surface area contributed by atoms with Crippen LogP contribution in [0.25, 0.3) is 0 Å². The van der Waals surface area contributed by atoms with Crippen LogP contribution in [-0.4, -0.2) is 199 Å². The predicted molar refractivity (Wildman–Crippen MR) is 384 cm³/mol. The molecular weight excluding hydrogens is 1350 g/mol. The number of benzene rings is 4. The highest BCUT2D eigenvalue weighted by Gasteiger charge is 2.59. The first kappa shape index (κ1) is 75.9. The highest BCUT2D eigenvalue weighted by atomic mass is 32.2. The first-order valence-corrected chi connectivity index (χ1v) is 39.0. The molecule has 0 radical (unpaired) electrons. The first-order chi connectivity index (χ1) is 49.0. The Bertz CT molecular complexity index is 3560. The number of carbonyl (C=O) groups is 7. The van der Waals surface area contributed by atoms with E-state index in [4.69, 9.17) is 32.5 Å². The number of carbonyl (C=O) groups excluding carboxylic acids is 7. The summed E-state index contributed by atoms with van der Waals surface area (Å²) in [5.74, 6) is -1.14. The Morgan fingerprint density at radius 1 is 0.676 bits per heavy atom. The van der Waals surface area contributed by atoms with Crippen molar-refractivity contribution >= 4 is 60.9 Å². The van der Waals surface area contributed by atoms with E-state index in [1.165, 1.54) is 21.1 Å². The van der Waals surface area contributed by atoms with Crippen LogP contribution in [0.5, 0.6) is 28.7 Å². The largest absolute Gasteiger partial charge is 0.587 e. The normalized spacial score (nSPS) is 27.3. The number of ether oxygens (including phenoxy) is 4. The number of phenols is 1. The Morgan fingerprint density at radius 3 is 1.96 bits per heavy atom. The Hall–Kier alpha value is -7.29. The molecule has 0 bridgehead atoms. The molecule has 27 heteroatoms. The van der Waals surface area contributed by atoms with Gasteiger partial charge in [0, 0.05) is 92.5 Å². The number of aromatic hydroxyl groups is 1. The van der Waals surface area contributed by atoms with Gasteiger partial charge < -0.3 is 80.1 Å². The molecule has 11 rings (SSSR count). The number of methoxy groups -OCH3 is 2. The number of phosphoric acid groups is 1. The molecule has 7 heterocycles. The SMILES string of the molecule is COC(=O)[C@H](Cc1ccc(OCC2(C(=O)C(C)(C)C)OCCC2OP(=O)(Oc2ccccc2)Oc2ccccc2)cc1OC)NC(=O)C1CCC(C2CCC(C3CCCN3)N2)N1C(=O)[C@H](CCSC)NC(=O)C1CCC(C2CCC(C3CCCN3C(=O)[C@H](Cc3ccc(O)cc3)NC(C)=O)N2)N1. The van der Waals surface area contributed by atoms with Crippen molar-refractivity contribution in [1.82, 2.24) is 47.0 Å². The number of hydrogen-bond donors (Lipinski definition) is 8. The van der Waals surface area contributed by atoms with E-state index in [1.807, 2.05) is 11.2 Å². The maximum absolute atomic E-state index is 15.7. The van der Waals surface area contributed by atoms with Crippen molar-refractivity contribution < 1.29 is 75.8 Å². The smallest absolute Gasteiger partial charge is 0.508 e. The fourth-order valence-electron chi connectivity index (χ4n) is 16.2. The summed E-state index contributed by atoms with van der Waals surface area (Å²) in [6, 6.07) is 23.6. The van der Waals surface area contributed by atoms with Crippen molar-refractivity contribution in [2.75, 3.05) is 52.5 Å². The summed E-state index contributed by atoms with van der Waals surface area (Å²) >= 11 is 1.55. The number of Topliss-reactive ketones (excluding diaryl/α,β-unsaturated/α-hetero) is 1. The molecule has 7 saturated heterocycles. The number of para-hydroxylation sites is 2. The highest BCUT2D eigenvalue weighted by molar-refractivity contribution is 7.98. The zero-order chi connectivity index (χ0) is 72.3. The van der Waals surface area contributed by atoms with Crippen molar-refractivity contribution in [1.29, 1.82) is 0 Å². The molecule has 7 aliphatic heterocycles. The fourth-order valence-corrected chi connectivity index (χ4v) is 18.2. The number of thioether (sulfide) groups is 1. The van der Waals surface area contributed by atoms with Crippen molar-refractivity contribution in [2.45, 2.75) is 221 Å². The zero-order valence-electron chi connectivity index (χ0n) is 59.6. The average molecular weight is 1450 g/mol. The summed E-state index contributed by atoms with van der Waals surface area (Å²) in [6.07, 6.45) is 10.5. The highest BCUT2D eigenvalue weighted by Crippen LogP contribution is 2.54. The summed E-state index contributed by atoms with van der Waals surface area (Å²) in [6.45, 7) is 7.82. The summed E-state index contributed by atoms with van der Waals surface area (Å²) in [5.41, 5.74) is -1.50. The molecule has 102 heavy (non-hydrogen) atoms. The van der Waals surface area contributed by atoms with Gasteiger partial charge in [-0.2, -0.15) is 11.8 Å². The van der Waals surface area contributed by atoms with Gasteiger partial charge in [-0.3, -0.25) is 33.3 Å². The second kappa shape index (κ2) is 34.1. The lowest BCUT2D eigenvalue weighted by atomic mass is 9.78. The molecule has 5 amide bonds. The number of nitrogens with one attached hydrogen (secondary N) is 7. The monoisotopic (exact) mass is 1450 g/mol. The van der Waals surface area contributed by atoms with E-state index in [9.17, 15) is 33.6 Å². The van der Waals surface area contributed by atoms with Gasteiger partial charge in [0.25, 0.3) is 0 Å². The molecule has 0 aliphatic carbocycles. The Labute approximate surface area is 602 Å². The van der Waals surface area contributed by atoms with Crippen molar-refractivity contribution in [3.63, 3.8) is 0 Å². The van der Waals surface area contributed by atoms with E-state index in [1.54, 1.807) is 141 Å². The molecule has 12 unspecified atom stereocenters. The topological polar surface area (TPSA) is 312 Å². The minimum atomic E-state index is -4.54. The van der Waals surface area contributed by atoms with E-state index >= 15 is 9.59 Å². The van der Waals surface area contributed by atoms with Gasteiger partial charge in [-0.1, -0.05) is 75.4 Å². The summed E-state index contributed by atoms with van der Waals surface area (Å²) in [4.78, 5) is 105. The fraction of sp³-hybridized carbons (Fsp3) is 0.587. The molecule has 0 aromatic heterocycles. The number of esters is 1. The third-order valence-electron chi connectivity index (χ3n) is 21.2. The van der Waals surface area contributed by atoms with E-state index in [2.05, 4.69) is 37.2 Å². The van der Waals surface area contributed by atoms with E-state index in [0.717, 1.165) is 63.5 Å². The lowest BCUT2D eigenvalue weighted by Crippen LogP contribution is -2.61. The van der Waals surface area contributed by atoms with Crippen molar-refractivity contribution in [3.05, 3.63) is 114 Å². The number of nitrogens with zero attached hydrogens (tertiary/aromatic N) is 2. The van der Waals surface area contributed by atoms with Crippen LogP contribution in [0.4, 0.5) is 0 Å². The van der Waals surface area contributed by atoms with Crippen LogP contribution in [0.1, 0.15) is 129 Å². The van der Waals surface area contributed by atoms with Crippen molar-refractivity contribution in [3.8, 4) is 28.7 Å². The quantitative estimate of drug-likeness (QED) is 0.0195. The summed E-state index contributed by atoms with van der Waals surface area (Å²) in [5, 5.41) is 33.9. The maximum Gasteiger partial charge on any atom is 0.587 e. The molecule has 4 aromatic carbocycles. The molecule has 554 valence electrons. The molecule has 7 aliphatic rings. The van der Waals surface area contributed by atoms with Gasteiger partial charge in [0.05, 0.1) is 26.9 Å². The molecule has 0 saturated carbocycles. The molecular formula is C75H102N9O16PS. The minimum Gasteiger partial charge on any atom is -0.508 e. The Kier molecular flexibility index (Phi) is 25.4. The van der Waals surface area contributed by atoms with Crippen LogP contribution in [0.2, 0.25) is 0 Å². The lowest BCUT2D eigenvalue weighted by Gasteiger charge is -2.37. The van der Waals surface area contributed by atoms with Crippen LogP contribution in [0, 0.1) is 5.41 Å². The van der Waals surface area contributed by atoms with Gasteiger partial charge in [-0.15, -0.1) is 0 Å². The second-order valence-electron chi connectivity index (χ2n) is 29.1. The number of amides is 5. The van der Waals surface area contributed by atoms with Gasteiger partial charge >= 0.3 is 13.8 Å². The van der Waals surface area contributed by atoms with Gasteiger partial charge in [-0.25, -0.2) is 9.36 Å². The van der Waals surface area contributed by atoms with Crippen LogP contribution < -0.4 is 55.7 Å². The summed E-state index contributed by atoms with van der Waals surface area (Å²) in [7, 11) is -1.85. The molecule has 15 atom stereocenters. The Morgan fingerprint density at radius 2 is 1.32 bits per heavy atom. The number of rotatable bonds is 30. The van der Waals surface area contributed by atoms with Crippen LogP contribution in [0.15, 0.2) is 103 Å². The molecule has 7 fully saturated rings. The minimum absolute atomic E-state index is 0.00790. The number of phenolic OH excluding ortho intramolecular Hbond substituents is 1. The van der Waals surface area contributed by atoms with Crippen LogP contribution in [0.3, 0.4) is 0 Å². The average Bonchev–Trinajstić information content (AvgIpc) is 1.54. The second-order valence-corrected chi connectivity index (χ2v) is 31.6. The molecule has 25 nitrogen and oxygen atoms in total. The third kappa shape index (κ3) is 18.2. The number of likely N-dealkylation sites (tertiary alicyclic amines) is 2. The van der Waals surface area contributed by atoms with Crippen molar-refractivity contribution in [2.24, 2.45) is 5.41 Å². The third-order valence-corrected chi connectivity index (χ3v) is 23.2. The van der Waals surface area contributed by atoms with E-state index in [-0.39, 0.29) is 133 Å². The first-order valence-electron chi connectivity index (χ1n) is 36.2. The number of phosphoric ester groups is 1. The van der Waals surface area contributed by atoms with Crippen LogP contribution in [-0.2, 0) is 65.0 Å². The lowest BCUT2D eigenvalue weighted by molar-refractivity contribution is -0.159. The number of hydrogen-bond acceptors (Lipinski definition) is 21. The molecule has 8 N–H and O–H groups in total. The van der Waals surface area contributed by atoms with Gasteiger partial charge in [0.15, 0.2) is 11.4 Å². The standard InChI is InChI=1S/C75H102N9O16PS/c1-46(85)77-61(42-47-22-25-49(86)26-23-47)70(89)83-39-15-21-63(83)57-31-29-55(79-57)56-30-33-59(80-56)68(87)81-60(37-41-102-7)71(90)84-64(58-32-28-54(78-58)53-20-14-38-76-53)34-35-65(84)69(88)82-62(72(91)95-6)43-48-24-27-52(44-66(48)94-5)96-45-75(73(92)74(2,3)4)67(36-40-97-75)100-101(93,98-50-16-10-8-11-17-50)99-51-18-12-9-13-19-51/h8-13,16-19,22-27,44,53-65,67,76,78-80,86H,14-15,20-21,28-43,45H2,1-7H3,(H,77,85)(H,81,87)(H,82,88)/t53?,54?,55?,56?,57?,58?,59?,60-,61-,62-,63?,64?,65?,67?,75?/m0/s1. The van der Waals surface area contributed by atoms with Gasteiger partial charge in [-0.05, 0) is 156 Å². The molecule has 0 spiro atoms.